The predicted octanol–water partition coefficient (Wildman–Crippen LogP) is 1.32. The average Bonchev–Trinajstić information content (AvgIpc) is 2.38. The van der Waals surface area contributed by atoms with E-state index in [4.69, 9.17) is 15.2 Å². The van der Waals surface area contributed by atoms with Crippen LogP contribution in [-0.4, -0.2) is 40.0 Å². The Kier molecular flexibility index (Phi) is 5.02. The zero-order chi connectivity index (χ0) is 14.6. The first-order chi connectivity index (χ1) is 8.92. The Morgan fingerprint density at radius 2 is 1.74 bits per heavy atom. The van der Waals surface area contributed by atoms with E-state index in [1.165, 1.54) is 30.7 Å². The van der Waals surface area contributed by atoms with Crippen LogP contribution in [0.4, 0.5) is 5.69 Å². The van der Waals surface area contributed by atoms with Crippen LogP contribution >= 0.6 is 0 Å². The van der Waals surface area contributed by atoms with Gasteiger partial charge in [0.1, 0.15) is 10.6 Å². The highest BCUT2D eigenvalue weighted by Crippen LogP contribution is 2.36. The van der Waals surface area contributed by atoms with Gasteiger partial charge in [-0.25, -0.2) is 8.42 Å². The van der Waals surface area contributed by atoms with Crippen molar-refractivity contribution in [2.24, 2.45) is 0 Å². The van der Waals surface area contributed by atoms with Gasteiger partial charge in [-0.15, -0.1) is 0 Å². The molecule has 0 heterocycles. The number of nitrogen functional groups attached to an aromatic ring is 1. The number of hydrogen-bond donors (Lipinski definition) is 1. The number of hydrogen-bond acceptors (Lipinski definition) is 5. The average molecular weight is 288 g/mol. The van der Waals surface area contributed by atoms with Crippen molar-refractivity contribution in [1.82, 2.24) is 4.31 Å². The predicted molar refractivity (Wildman–Crippen MR) is 74.1 cm³/mol. The van der Waals surface area contributed by atoms with E-state index in [2.05, 4.69) is 0 Å². The molecule has 0 fully saturated rings. The van der Waals surface area contributed by atoms with Crippen LogP contribution in [0.1, 0.15) is 13.8 Å². The van der Waals surface area contributed by atoms with Crippen molar-refractivity contribution in [3.8, 4) is 11.5 Å². The summed E-state index contributed by atoms with van der Waals surface area (Å²) in [5.41, 5.74) is 6.03. The normalized spacial score (nSPS) is 11.6. The van der Waals surface area contributed by atoms with Crippen LogP contribution in [0.2, 0.25) is 0 Å². The zero-order valence-electron chi connectivity index (χ0n) is 11.6. The van der Waals surface area contributed by atoms with Crippen molar-refractivity contribution in [2.45, 2.75) is 18.7 Å². The van der Waals surface area contributed by atoms with Gasteiger partial charge in [-0.05, 0) is 0 Å². The smallest absolute Gasteiger partial charge is 0.246 e. The molecule has 0 bridgehead atoms. The minimum absolute atomic E-state index is 0.0237. The molecule has 0 saturated carbocycles. The second-order valence-corrected chi connectivity index (χ2v) is 5.74. The molecule has 0 aliphatic heterocycles. The van der Waals surface area contributed by atoms with Crippen molar-refractivity contribution >= 4 is 15.7 Å². The topological polar surface area (TPSA) is 81.9 Å². The number of nitrogens with two attached hydrogens (primary N) is 1. The number of benzene rings is 1. The molecule has 1 aromatic carbocycles. The Bertz CT molecular complexity index is 539. The van der Waals surface area contributed by atoms with Crippen LogP contribution in [0.5, 0.6) is 11.5 Å². The number of anilines is 1. The number of methoxy groups -OCH3 is 2. The van der Waals surface area contributed by atoms with E-state index in [9.17, 15) is 8.42 Å². The monoisotopic (exact) mass is 288 g/mol. The largest absolute Gasteiger partial charge is 0.497 e. The lowest BCUT2D eigenvalue weighted by Gasteiger charge is -2.21. The van der Waals surface area contributed by atoms with Gasteiger partial charge in [-0.3, -0.25) is 0 Å². The highest BCUT2D eigenvalue weighted by molar-refractivity contribution is 7.89. The highest BCUT2D eigenvalue weighted by atomic mass is 32.2. The van der Waals surface area contributed by atoms with Crippen LogP contribution < -0.4 is 15.2 Å². The molecule has 0 atom stereocenters. The lowest BCUT2D eigenvalue weighted by Crippen LogP contribution is -2.31. The second kappa shape index (κ2) is 6.12. The van der Waals surface area contributed by atoms with Gasteiger partial charge in [0, 0.05) is 25.2 Å². The zero-order valence-corrected chi connectivity index (χ0v) is 12.5. The van der Waals surface area contributed by atoms with E-state index >= 15 is 0 Å². The fourth-order valence-corrected chi connectivity index (χ4v) is 3.49. The second-order valence-electron chi connectivity index (χ2n) is 3.84. The summed E-state index contributed by atoms with van der Waals surface area (Å²) in [5.74, 6) is 0.525. The molecule has 0 amide bonds. The molecule has 1 aromatic rings. The first-order valence-electron chi connectivity index (χ1n) is 5.93. The fraction of sp³-hybridized carbons (Fsp3) is 0.500. The third-order valence-electron chi connectivity index (χ3n) is 2.82. The summed E-state index contributed by atoms with van der Waals surface area (Å²) < 4.78 is 36.6. The van der Waals surface area contributed by atoms with Gasteiger partial charge in [-0.2, -0.15) is 4.31 Å². The lowest BCUT2D eigenvalue weighted by atomic mass is 10.3. The first kappa shape index (κ1) is 15.6. The van der Waals surface area contributed by atoms with Gasteiger partial charge in [0.2, 0.25) is 10.0 Å². The van der Waals surface area contributed by atoms with E-state index < -0.39 is 10.0 Å². The van der Waals surface area contributed by atoms with E-state index in [1.807, 2.05) is 0 Å². The first-order valence-corrected chi connectivity index (χ1v) is 7.37. The van der Waals surface area contributed by atoms with E-state index in [0.29, 0.717) is 18.8 Å². The van der Waals surface area contributed by atoms with Crippen molar-refractivity contribution in [2.75, 3.05) is 33.0 Å². The molecular formula is C12H20N2O4S. The Labute approximate surface area is 114 Å². The van der Waals surface area contributed by atoms with Crippen LogP contribution in [0.25, 0.3) is 0 Å². The van der Waals surface area contributed by atoms with Gasteiger partial charge in [0.15, 0.2) is 5.75 Å². The van der Waals surface area contributed by atoms with Crippen LogP contribution in [0, 0.1) is 0 Å². The van der Waals surface area contributed by atoms with Gasteiger partial charge >= 0.3 is 0 Å². The molecular weight excluding hydrogens is 268 g/mol. The van der Waals surface area contributed by atoms with Crippen molar-refractivity contribution in [3.05, 3.63) is 12.1 Å². The molecule has 6 nitrogen and oxygen atoms in total. The van der Waals surface area contributed by atoms with Crippen molar-refractivity contribution in [3.63, 3.8) is 0 Å². The third-order valence-corrected chi connectivity index (χ3v) is 4.88. The quantitative estimate of drug-likeness (QED) is 0.798. The molecule has 0 radical (unpaired) electrons. The number of rotatable bonds is 6. The lowest BCUT2D eigenvalue weighted by molar-refractivity contribution is 0.388. The maximum absolute atomic E-state index is 12.5. The van der Waals surface area contributed by atoms with Gasteiger partial charge < -0.3 is 15.2 Å². The highest BCUT2D eigenvalue weighted by Gasteiger charge is 2.27. The maximum atomic E-state index is 12.5. The minimum Gasteiger partial charge on any atom is -0.497 e. The van der Waals surface area contributed by atoms with Crippen LogP contribution in [0.3, 0.4) is 0 Å². The van der Waals surface area contributed by atoms with Crippen molar-refractivity contribution < 1.29 is 17.9 Å². The Morgan fingerprint density at radius 3 is 2.16 bits per heavy atom. The SMILES string of the molecule is CCN(CC)S(=O)(=O)c1cc(OC)cc(N)c1OC. The molecule has 7 heteroatoms. The number of sulfonamides is 1. The van der Waals surface area contributed by atoms with E-state index in [1.54, 1.807) is 13.8 Å². The van der Waals surface area contributed by atoms with Gasteiger partial charge in [-0.1, -0.05) is 13.8 Å². The van der Waals surface area contributed by atoms with E-state index in [0.717, 1.165) is 0 Å². The standard InChI is InChI=1S/C12H20N2O4S/c1-5-14(6-2)19(15,16)11-8-9(17-3)7-10(13)12(11)18-4/h7-8H,5-6,13H2,1-4H3. The minimum atomic E-state index is -3.65. The Morgan fingerprint density at radius 1 is 1.16 bits per heavy atom. The van der Waals surface area contributed by atoms with Gasteiger partial charge in [0.05, 0.1) is 19.9 Å². The summed E-state index contributed by atoms with van der Waals surface area (Å²) in [6.45, 7) is 4.30. The molecule has 2 N–H and O–H groups in total. The number of nitrogens with zero attached hydrogens (tertiary/aromatic N) is 1. The molecule has 0 saturated heterocycles. The summed E-state index contributed by atoms with van der Waals surface area (Å²) in [7, 11) is -0.809. The summed E-state index contributed by atoms with van der Waals surface area (Å²) in [5, 5.41) is 0. The van der Waals surface area contributed by atoms with E-state index in [-0.39, 0.29) is 16.3 Å². The molecule has 108 valence electrons. The molecule has 0 aromatic heterocycles. The summed E-state index contributed by atoms with van der Waals surface area (Å²) in [4.78, 5) is 0.0237. The molecule has 19 heavy (non-hydrogen) atoms. The Hall–Kier alpha value is -1.47. The number of ether oxygens (including phenoxy) is 2. The molecule has 0 unspecified atom stereocenters. The third kappa shape index (κ3) is 2.93. The molecule has 1 rings (SSSR count). The van der Waals surface area contributed by atoms with Crippen LogP contribution in [0.15, 0.2) is 17.0 Å². The summed E-state index contributed by atoms with van der Waals surface area (Å²) >= 11 is 0. The fourth-order valence-electron chi connectivity index (χ4n) is 1.83. The summed E-state index contributed by atoms with van der Waals surface area (Å²) in [6.07, 6.45) is 0. The molecule has 0 aliphatic rings. The Balaban J connectivity index is 3.51. The molecule has 0 aliphatic carbocycles. The summed E-state index contributed by atoms with van der Waals surface area (Å²) in [6, 6.07) is 2.95. The maximum Gasteiger partial charge on any atom is 0.246 e. The molecule has 0 spiro atoms. The van der Waals surface area contributed by atoms with Crippen LogP contribution in [-0.2, 0) is 10.0 Å². The van der Waals surface area contributed by atoms with Gasteiger partial charge in [0.25, 0.3) is 0 Å². The van der Waals surface area contributed by atoms with Crippen molar-refractivity contribution in [1.29, 1.82) is 0 Å².